The van der Waals surface area contributed by atoms with Crippen LogP contribution in [0.15, 0.2) is 59.5 Å². The van der Waals surface area contributed by atoms with Crippen LogP contribution in [0.5, 0.6) is 0 Å². The maximum atomic E-state index is 13.4. The van der Waals surface area contributed by atoms with Crippen molar-refractivity contribution in [1.82, 2.24) is 5.32 Å². The lowest BCUT2D eigenvalue weighted by Gasteiger charge is -2.24. The van der Waals surface area contributed by atoms with Gasteiger partial charge in [0.15, 0.2) is 0 Å². The second kappa shape index (κ2) is 8.83. The van der Waals surface area contributed by atoms with E-state index in [9.17, 15) is 13.2 Å². The Kier molecular flexibility index (Phi) is 6.59. The molecule has 0 aliphatic rings. The second-order valence-corrected chi connectivity index (χ2v) is 10.8. The van der Waals surface area contributed by atoms with E-state index in [1.165, 1.54) is 27.8 Å². The van der Waals surface area contributed by atoms with Crippen LogP contribution in [0.25, 0.3) is 10.1 Å². The molecule has 0 bridgehead atoms. The minimum Gasteiger partial charge on any atom is -0.444 e. The summed E-state index contributed by atoms with van der Waals surface area (Å²) in [5, 5.41) is 4.17. The van der Waals surface area contributed by atoms with Gasteiger partial charge in [-0.15, -0.1) is 11.3 Å². The Morgan fingerprint density at radius 3 is 2.37 bits per heavy atom. The number of anilines is 1. The molecule has 3 aromatic rings. The van der Waals surface area contributed by atoms with Crippen molar-refractivity contribution in [2.75, 3.05) is 17.4 Å². The van der Waals surface area contributed by atoms with Gasteiger partial charge >= 0.3 is 6.09 Å². The second-order valence-electron chi connectivity index (χ2n) is 7.54. The Labute approximate surface area is 185 Å². The number of fused-ring (bicyclic) bond motifs is 1. The third kappa shape index (κ3) is 5.06. The van der Waals surface area contributed by atoms with Crippen LogP contribution in [0, 0.1) is 0 Å². The summed E-state index contributed by atoms with van der Waals surface area (Å²) in [6.45, 7) is 5.34. The van der Waals surface area contributed by atoms with E-state index in [-0.39, 0.29) is 18.0 Å². The molecule has 30 heavy (non-hydrogen) atoms. The van der Waals surface area contributed by atoms with E-state index in [2.05, 4.69) is 5.32 Å². The van der Waals surface area contributed by atoms with E-state index in [4.69, 9.17) is 16.3 Å². The minimum atomic E-state index is -3.89. The maximum absolute atomic E-state index is 13.4. The zero-order valence-corrected chi connectivity index (χ0v) is 19.3. The summed E-state index contributed by atoms with van der Waals surface area (Å²) in [5.74, 6) is 0. The van der Waals surface area contributed by atoms with E-state index >= 15 is 0 Å². The number of ether oxygens (including phenoxy) is 1. The van der Waals surface area contributed by atoms with Gasteiger partial charge in [0.1, 0.15) is 10.6 Å². The van der Waals surface area contributed by atoms with Gasteiger partial charge in [-0.3, -0.25) is 4.31 Å². The molecule has 0 fully saturated rings. The first-order valence-electron chi connectivity index (χ1n) is 9.31. The summed E-state index contributed by atoms with van der Waals surface area (Å²) in [6, 6.07) is 15.6. The number of carbonyl (C=O) groups is 1. The summed E-state index contributed by atoms with van der Waals surface area (Å²) in [7, 11) is -3.89. The van der Waals surface area contributed by atoms with Crippen molar-refractivity contribution >= 4 is 54.1 Å². The standard InChI is InChI=1S/C21H23ClN2O4S2/c1-21(2,3)28-20(25)23-13-14-24(30(26,27)15-9-5-4-6-10-15)19-18(22)16-11-7-8-12-17(16)29-19/h4-12H,13-14H2,1-3H3,(H,23,25). The number of thiophene rings is 1. The summed E-state index contributed by atoms with van der Waals surface area (Å²) in [5.41, 5.74) is -0.644. The number of halogens is 1. The molecule has 3 rings (SSSR count). The van der Waals surface area contributed by atoms with Gasteiger partial charge in [-0.05, 0) is 39.0 Å². The molecule has 0 atom stereocenters. The molecule has 9 heteroatoms. The molecule has 1 N–H and O–H groups in total. The minimum absolute atomic E-state index is 0.00299. The van der Waals surface area contributed by atoms with E-state index in [1.807, 2.05) is 24.3 Å². The first-order chi connectivity index (χ1) is 14.1. The predicted octanol–water partition coefficient (Wildman–Crippen LogP) is 5.27. The van der Waals surface area contributed by atoms with Gasteiger partial charge in [0.05, 0.1) is 16.5 Å². The number of amides is 1. The van der Waals surface area contributed by atoms with Gasteiger partial charge in [0.25, 0.3) is 10.0 Å². The van der Waals surface area contributed by atoms with E-state index in [0.717, 1.165) is 10.1 Å². The summed E-state index contributed by atoms with van der Waals surface area (Å²) < 4.78 is 34.1. The van der Waals surface area contributed by atoms with Gasteiger partial charge in [0, 0.05) is 16.6 Å². The molecule has 0 saturated heterocycles. The van der Waals surface area contributed by atoms with Crippen LogP contribution in [0.1, 0.15) is 20.8 Å². The van der Waals surface area contributed by atoms with Crippen LogP contribution in [0.3, 0.4) is 0 Å². The monoisotopic (exact) mass is 466 g/mol. The zero-order valence-electron chi connectivity index (χ0n) is 16.9. The van der Waals surface area contributed by atoms with Crippen LogP contribution in [-0.2, 0) is 14.8 Å². The fourth-order valence-corrected chi connectivity index (χ4v) is 6.11. The summed E-state index contributed by atoms with van der Waals surface area (Å²) in [6.07, 6.45) is -0.609. The van der Waals surface area contributed by atoms with Crippen LogP contribution in [-0.4, -0.2) is 33.2 Å². The molecule has 1 amide bonds. The SMILES string of the molecule is CC(C)(C)OC(=O)NCCN(c1sc2ccccc2c1Cl)S(=O)(=O)c1ccccc1. The lowest BCUT2D eigenvalue weighted by Crippen LogP contribution is -2.40. The number of carbonyl (C=O) groups excluding carboxylic acids is 1. The Hall–Kier alpha value is -2.29. The third-order valence-corrected chi connectivity index (χ3v) is 7.68. The lowest BCUT2D eigenvalue weighted by molar-refractivity contribution is 0.0529. The van der Waals surface area contributed by atoms with Crippen LogP contribution < -0.4 is 9.62 Å². The summed E-state index contributed by atoms with van der Waals surface area (Å²) >= 11 is 7.86. The van der Waals surface area contributed by atoms with E-state index in [1.54, 1.807) is 39.0 Å². The number of hydrogen-bond donors (Lipinski definition) is 1. The Morgan fingerprint density at radius 1 is 1.10 bits per heavy atom. The molecule has 0 spiro atoms. The van der Waals surface area contributed by atoms with Gasteiger partial charge in [0.2, 0.25) is 0 Å². The molecular weight excluding hydrogens is 444 g/mol. The van der Waals surface area contributed by atoms with Gasteiger partial charge < -0.3 is 10.1 Å². The normalized spacial score (nSPS) is 12.0. The third-order valence-electron chi connectivity index (χ3n) is 4.06. The van der Waals surface area contributed by atoms with Crippen molar-refractivity contribution in [1.29, 1.82) is 0 Å². The van der Waals surface area contributed by atoms with Crippen molar-refractivity contribution in [3.63, 3.8) is 0 Å². The number of alkyl carbamates (subject to hydrolysis) is 1. The number of nitrogens with zero attached hydrogens (tertiary/aromatic N) is 1. The van der Waals surface area contributed by atoms with E-state index < -0.39 is 21.7 Å². The predicted molar refractivity (Wildman–Crippen MR) is 122 cm³/mol. The van der Waals surface area contributed by atoms with Crippen LogP contribution >= 0.6 is 22.9 Å². The number of benzene rings is 2. The first kappa shape index (κ1) is 22.4. The van der Waals surface area contributed by atoms with Gasteiger partial charge in [-0.2, -0.15) is 0 Å². The fourth-order valence-electron chi connectivity index (χ4n) is 2.79. The molecule has 0 saturated carbocycles. The fraction of sp³-hybridized carbons (Fsp3) is 0.286. The average Bonchev–Trinajstić information content (AvgIpc) is 3.01. The van der Waals surface area contributed by atoms with Gasteiger partial charge in [-0.1, -0.05) is 48.0 Å². The van der Waals surface area contributed by atoms with Crippen molar-refractivity contribution in [3.8, 4) is 0 Å². The Morgan fingerprint density at radius 2 is 1.73 bits per heavy atom. The van der Waals surface area contributed by atoms with Crippen molar-refractivity contribution < 1.29 is 17.9 Å². The molecule has 6 nitrogen and oxygen atoms in total. The quantitative estimate of drug-likeness (QED) is 0.536. The maximum Gasteiger partial charge on any atom is 0.407 e. The van der Waals surface area contributed by atoms with Crippen LogP contribution in [0.4, 0.5) is 9.80 Å². The number of nitrogens with one attached hydrogen (secondary N) is 1. The molecular formula is C21H23ClN2O4S2. The average molecular weight is 467 g/mol. The smallest absolute Gasteiger partial charge is 0.407 e. The van der Waals surface area contributed by atoms with Crippen molar-refractivity contribution in [2.45, 2.75) is 31.3 Å². The highest BCUT2D eigenvalue weighted by Gasteiger charge is 2.29. The highest BCUT2D eigenvalue weighted by molar-refractivity contribution is 7.93. The molecule has 160 valence electrons. The highest BCUT2D eigenvalue weighted by Crippen LogP contribution is 2.43. The molecule has 0 aliphatic heterocycles. The van der Waals surface area contributed by atoms with Crippen molar-refractivity contribution in [2.24, 2.45) is 0 Å². The van der Waals surface area contributed by atoms with Crippen molar-refractivity contribution in [3.05, 3.63) is 59.6 Å². The first-order valence-corrected chi connectivity index (χ1v) is 11.9. The Balaban J connectivity index is 1.93. The van der Waals surface area contributed by atoms with Gasteiger partial charge in [-0.25, -0.2) is 13.2 Å². The summed E-state index contributed by atoms with van der Waals surface area (Å²) in [4.78, 5) is 12.1. The largest absolute Gasteiger partial charge is 0.444 e. The molecule has 1 heterocycles. The Bertz CT molecular complexity index is 1140. The number of rotatable bonds is 6. The highest BCUT2D eigenvalue weighted by atomic mass is 35.5. The molecule has 0 radical (unpaired) electrons. The molecule has 2 aromatic carbocycles. The molecule has 0 aliphatic carbocycles. The topological polar surface area (TPSA) is 75.7 Å². The number of sulfonamides is 1. The lowest BCUT2D eigenvalue weighted by atomic mass is 10.2. The molecule has 1 aromatic heterocycles. The van der Waals surface area contributed by atoms with E-state index in [0.29, 0.717) is 10.0 Å². The van der Waals surface area contributed by atoms with Crippen LogP contribution in [0.2, 0.25) is 5.02 Å². The number of hydrogen-bond acceptors (Lipinski definition) is 5. The molecule has 0 unspecified atom stereocenters. The zero-order chi connectivity index (χ0) is 21.9.